The number of hydrogen-bond acceptors (Lipinski definition) is 9. The summed E-state index contributed by atoms with van der Waals surface area (Å²) in [6.45, 7) is 4.33. The molecule has 4 aromatic carbocycles. The quantitative estimate of drug-likeness (QED) is 0.0908. The molecule has 4 heterocycles. The molecule has 0 spiro atoms. The lowest BCUT2D eigenvalue weighted by Crippen LogP contribution is -2.19. The van der Waals surface area contributed by atoms with Crippen molar-refractivity contribution in [2.24, 2.45) is 0 Å². The normalized spacial score (nSPS) is 11.1. The van der Waals surface area contributed by atoms with Crippen LogP contribution in [0.2, 0.25) is 0 Å². The van der Waals surface area contributed by atoms with Crippen molar-refractivity contribution in [1.29, 1.82) is 0 Å². The number of rotatable bonds is 10. The van der Waals surface area contributed by atoms with Crippen molar-refractivity contribution in [3.05, 3.63) is 194 Å². The molecule has 8 rings (SSSR count). The van der Waals surface area contributed by atoms with Gasteiger partial charge in [0.05, 0.1) is 38.9 Å². The fourth-order valence-electron chi connectivity index (χ4n) is 6.17. The van der Waals surface area contributed by atoms with Crippen LogP contribution < -0.4 is 26.2 Å². The van der Waals surface area contributed by atoms with Gasteiger partial charge in [0.1, 0.15) is 11.6 Å². The monoisotopic (exact) mass is 792 g/mol. The van der Waals surface area contributed by atoms with Crippen LogP contribution in [0.4, 0.5) is 28.8 Å². The molecule has 58 heavy (non-hydrogen) atoms. The van der Waals surface area contributed by atoms with Crippen LogP contribution in [0.3, 0.4) is 0 Å². The van der Waals surface area contributed by atoms with Crippen LogP contribution in [0.5, 0.6) is 0 Å². The van der Waals surface area contributed by atoms with Gasteiger partial charge in [0, 0.05) is 65.6 Å². The second kappa shape index (κ2) is 19.0. The maximum Gasteiger partial charge on any atom is 0.365 e. The van der Waals surface area contributed by atoms with E-state index in [0.29, 0.717) is 34.5 Å². The van der Waals surface area contributed by atoms with Crippen molar-refractivity contribution in [3.63, 3.8) is 0 Å². The topological polar surface area (TPSA) is 166 Å². The highest BCUT2D eigenvalue weighted by molar-refractivity contribution is 7.82. The summed E-state index contributed by atoms with van der Waals surface area (Å²) in [5, 5.41) is 18.6. The summed E-state index contributed by atoms with van der Waals surface area (Å²) < 4.78 is 18.3. The molecule has 0 aliphatic rings. The Morgan fingerprint density at radius 2 is 1.14 bits per heavy atom. The number of fused-ring (bicyclic) bond motifs is 2. The Morgan fingerprint density at radius 1 is 0.655 bits per heavy atom. The van der Waals surface area contributed by atoms with Gasteiger partial charge in [-0.3, -0.25) is 23.7 Å². The minimum Gasteiger partial charge on any atom is -0.358 e. The van der Waals surface area contributed by atoms with Crippen LogP contribution in [0.25, 0.3) is 33.2 Å². The summed E-state index contributed by atoms with van der Waals surface area (Å²) in [6, 6.07) is 42.6. The Kier molecular flexibility index (Phi) is 13.3. The number of anilines is 4. The minimum atomic E-state index is -1.18. The maximum absolute atomic E-state index is 12.9. The fraction of sp³-hybridized carbons (Fsp3) is 0.0909. The second-order valence-corrected chi connectivity index (χ2v) is 13.6. The van der Waals surface area contributed by atoms with Gasteiger partial charge in [-0.05, 0) is 58.4 Å². The van der Waals surface area contributed by atoms with E-state index in [-0.39, 0.29) is 16.7 Å². The molecule has 4 aromatic heterocycles. The van der Waals surface area contributed by atoms with Crippen molar-refractivity contribution in [2.45, 2.75) is 20.4 Å². The third kappa shape index (κ3) is 9.38. The molecule has 1 atom stereocenters. The molecule has 0 aliphatic carbocycles. The third-order valence-corrected chi connectivity index (χ3v) is 9.20. The predicted octanol–water partition coefficient (Wildman–Crippen LogP) is 8.58. The average molecular weight is 793 g/mol. The summed E-state index contributed by atoms with van der Waals surface area (Å²) in [6.07, 6.45) is 6.11. The van der Waals surface area contributed by atoms with Gasteiger partial charge in [-0.25, -0.2) is 8.93 Å². The Hall–Kier alpha value is -7.29. The molecular weight excluding hydrogens is 753 g/mol. The van der Waals surface area contributed by atoms with Gasteiger partial charge < -0.3 is 20.7 Å². The lowest BCUT2D eigenvalue weighted by molar-refractivity contribution is -0.389. The van der Waals surface area contributed by atoms with Crippen molar-refractivity contribution < 1.29 is 9.13 Å². The van der Waals surface area contributed by atoms with Crippen LogP contribution in [0, 0.1) is 10.1 Å². The van der Waals surface area contributed by atoms with E-state index in [4.69, 9.17) is 0 Å². The van der Waals surface area contributed by atoms with E-state index >= 15 is 0 Å². The van der Waals surface area contributed by atoms with Gasteiger partial charge in [-0.15, -0.1) is 0 Å². The highest BCUT2D eigenvalue weighted by Gasteiger charge is 2.18. The van der Waals surface area contributed by atoms with E-state index in [1.54, 1.807) is 29.3 Å². The summed E-state index contributed by atoms with van der Waals surface area (Å²) >= 11 is 0. The Morgan fingerprint density at radius 3 is 1.66 bits per heavy atom. The van der Waals surface area contributed by atoms with E-state index in [2.05, 4.69) is 25.3 Å². The lowest BCUT2D eigenvalue weighted by Gasteiger charge is -2.20. The number of para-hydroxylation sites is 4. The van der Waals surface area contributed by atoms with Crippen molar-refractivity contribution >= 4 is 61.6 Å². The number of aromatic nitrogens is 4. The fourth-order valence-corrected chi connectivity index (χ4v) is 6.52. The predicted molar refractivity (Wildman–Crippen MR) is 233 cm³/mol. The SMILES string of the molecule is CC.CS(=O)NCc1cncc2c(=O)cc(Nc3ccccc3)n(-c3ccccc3)c12.O=c1cc(Nc2ccccc2)n(-c2ccccc2)c2cc([N+](=O)[O-])ncc12. The molecule has 0 fully saturated rings. The van der Waals surface area contributed by atoms with E-state index < -0.39 is 15.9 Å². The zero-order chi connectivity index (χ0) is 41.0. The van der Waals surface area contributed by atoms with Gasteiger partial charge in [-0.1, -0.05) is 86.6 Å². The first-order valence-electron chi connectivity index (χ1n) is 18.3. The van der Waals surface area contributed by atoms with E-state index in [9.17, 15) is 23.9 Å². The molecule has 0 radical (unpaired) electrons. The first-order valence-corrected chi connectivity index (χ1v) is 19.9. The number of nitrogens with one attached hydrogen (secondary N) is 3. The first-order chi connectivity index (χ1) is 28.3. The average Bonchev–Trinajstić information content (AvgIpc) is 3.25. The molecule has 8 aromatic rings. The van der Waals surface area contributed by atoms with Crippen molar-refractivity contribution in [3.8, 4) is 11.4 Å². The zero-order valence-corrected chi connectivity index (χ0v) is 32.7. The van der Waals surface area contributed by atoms with E-state index in [1.807, 2.05) is 140 Å². The molecule has 13 nitrogen and oxygen atoms in total. The molecule has 0 saturated heterocycles. The molecule has 1 unspecified atom stereocenters. The van der Waals surface area contributed by atoms with Crippen LogP contribution >= 0.6 is 0 Å². The number of hydrogen-bond donors (Lipinski definition) is 3. The third-order valence-electron chi connectivity index (χ3n) is 8.65. The second-order valence-electron chi connectivity index (χ2n) is 12.4. The minimum absolute atomic E-state index is 0.127. The van der Waals surface area contributed by atoms with Crippen LogP contribution in [-0.4, -0.2) is 34.5 Å². The molecular formula is C44H40N8O5S. The largest absolute Gasteiger partial charge is 0.365 e. The Balaban J connectivity index is 0.000000188. The Labute approximate surface area is 336 Å². The van der Waals surface area contributed by atoms with Crippen LogP contribution in [0.15, 0.2) is 168 Å². The highest BCUT2D eigenvalue weighted by Crippen LogP contribution is 2.28. The lowest BCUT2D eigenvalue weighted by atomic mass is 10.1. The van der Waals surface area contributed by atoms with Gasteiger partial charge in [0.25, 0.3) is 0 Å². The summed E-state index contributed by atoms with van der Waals surface area (Å²) in [5.41, 5.74) is 4.88. The van der Waals surface area contributed by atoms with Gasteiger partial charge in [0.15, 0.2) is 17.1 Å². The number of pyridine rings is 4. The number of nitrogens with zero attached hydrogens (tertiary/aromatic N) is 5. The summed E-state index contributed by atoms with van der Waals surface area (Å²) in [7, 11) is -1.18. The van der Waals surface area contributed by atoms with Crippen LogP contribution in [-0.2, 0) is 17.5 Å². The summed E-state index contributed by atoms with van der Waals surface area (Å²) in [5.74, 6) is 0.832. The number of benzene rings is 4. The van der Waals surface area contributed by atoms with E-state index in [1.165, 1.54) is 18.3 Å². The Bertz CT molecular complexity index is 2800. The smallest absolute Gasteiger partial charge is 0.358 e. The molecule has 0 saturated carbocycles. The highest BCUT2D eigenvalue weighted by atomic mass is 32.2. The van der Waals surface area contributed by atoms with Gasteiger partial charge >= 0.3 is 5.82 Å². The molecule has 0 amide bonds. The van der Waals surface area contributed by atoms with Crippen LogP contribution in [0.1, 0.15) is 19.4 Å². The molecule has 0 bridgehead atoms. The molecule has 14 heteroatoms. The molecule has 292 valence electrons. The zero-order valence-electron chi connectivity index (χ0n) is 31.9. The van der Waals surface area contributed by atoms with Gasteiger partial charge in [0.2, 0.25) is 0 Å². The van der Waals surface area contributed by atoms with Gasteiger partial charge in [-0.2, -0.15) is 0 Å². The van der Waals surface area contributed by atoms with E-state index in [0.717, 1.165) is 33.8 Å². The number of nitro groups is 1. The molecule has 3 N–H and O–H groups in total. The van der Waals surface area contributed by atoms with Crippen molar-refractivity contribution in [1.82, 2.24) is 23.8 Å². The van der Waals surface area contributed by atoms with Crippen molar-refractivity contribution in [2.75, 3.05) is 16.9 Å². The maximum atomic E-state index is 12.9. The standard InChI is InChI=1S/C22H20N4O2S.C20H14N4O3.C2H6/c1-29(28)24-14-16-13-23-15-19-20(27)12-21(25-17-8-4-2-5-9-17)26(22(16)19)18-10-6-3-7-11-18;25-18-12-20(22-14-7-3-1-4-8-14)23(15-9-5-2-6-10-15)17-11-19(24(26)27)21-13-16(17)18;1-2/h2-13,15,24-25H,14H2,1H3;1-13,22H;1-2H3. The first kappa shape index (κ1) is 40.4. The summed E-state index contributed by atoms with van der Waals surface area (Å²) in [4.78, 5) is 44.1. The molecule has 0 aliphatic heterocycles.